The molecule has 8 heteroatoms. The molecule has 0 spiro atoms. The summed E-state index contributed by atoms with van der Waals surface area (Å²) in [4.78, 5) is 36.1. The second-order valence-corrected chi connectivity index (χ2v) is 6.49. The highest BCUT2D eigenvalue weighted by Gasteiger charge is 2.13. The van der Waals surface area contributed by atoms with Gasteiger partial charge in [0.25, 0.3) is 11.8 Å². The van der Waals surface area contributed by atoms with Crippen LogP contribution in [0, 0.1) is 5.82 Å². The standard InChI is InChI=1S/C19H18FNO5S/c1-25-15-6-2-13(3-7-15)19(24)21-17(22)12-26-18(23)10-11-27-16-8-4-14(20)5-9-16/h2-9H,10-12H2,1H3,(H,21,22,24). The molecule has 1 N–H and O–H groups in total. The smallest absolute Gasteiger partial charge is 0.307 e. The lowest BCUT2D eigenvalue weighted by Crippen LogP contribution is -2.34. The molecule has 0 saturated carbocycles. The lowest BCUT2D eigenvalue weighted by molar-refractivity contribution is -0.147. The molecule has 2 amide bonds. The average molecular weight is 391 g/mol. The zero-order valence-corrected chi connectivity index (χ0v) is 15.4. The predicted molar refractivity (Wildman–Crippen MR) is 98.2 cm³/mol. The Kier molecular flexibility index (Phi) is 7.81. The van der Waals surface area contributed by atoms with E-state index in [2.05, 4.69) is 5.32 Å². The Morgan fingerprint density at radius 1 is 1.04 bits per heavy atom. The number of halogens is 1. The van der Waals surface area contributed by atoms with E-state index in [1.165, 1.54) is 43.1 Å². The van der Waals surface area contributed by atoms with Crippen molar-refractivity contribution in [1.29, 1.82) is 0 Å². The van der Waals surface area contributed by atoms with Crippen molar-refractivity contribution in [2.75, 3.05) is 19.5 Å². The van der Waals surface area contributed by atoms with Gasteiger partial charge in [0, 0.05) is 16.2 Å². The minimum Gasteiger partial charge on any atom is -0.497 e. The Labute approximate surface area is 160 Å². The van der Waals surface area contributed by atoms with Gasteiger partial charge in [-0.05, 0) is 48.5 Å². The van der Waals surface area contributed by atoms with Crippen LogP contribution in [0.4, 0.5) is 4.39 Å². The Morgan fingerprint density at radius 2 is 1.70 bits per heavy atom. The molecule has 0 bridgehead atoms. The number of esters is 1. The number of ether oxygens (including phenoxy) is 2. The van der Waals surface area contributed by atoms with Gasteiger partial charge in [-0.3, -0.25) is 19.7 Å². The van der Waals surface area contributed by atoms with Crippen LogP contribution in [0.3, 0.4) is 0 Å². The first-order valence-electron chi connectivity index (χ1n) is 8.00. The van der Waals surface area contributed by atoms with Crippen molar-refractivity contribution in [3.63, 3.8) is 0 Å². The molecule has 0 unspecified atom stereocenters. The number of hydrogen-bond donors (Lipinski definition) is 1. The quantitative estimate of drug-likeness (QED) is 0.551. The number of nitrogens with one attached hydrogen (secondary N) is 1. The Balaban J connectivity index is 1.67. The molecule has 0 aliphatic rings. The van der Waals surface area contributed by atoms with E-state index < -0.39 is 24.4 Å². The average Bonchev–Trinajstić information content (AvgIpc) is 2.68. The van der Waals surface area contributed by atoms with Crippen LogP contribution < -0.4 is 10.1 Å². The molecule has 6 nitrogen and oxygen atoms in total. The van der Waals surface area contributed by atoms with Crippen molar-refractivity contribution < 1.29 is 28.2 Å². The fraction of sp³-hybridized carbons (Fsp3) is 0.211. The summed E-state index contributed by atoms with van der Waals surface area (Å²) in [6, 6.07) is 12.1. The fourth-order valence-electron chi connectivity index (χ4n) is 1.98. The predicted octanol–water partition coefficient (Wildman–Crippen LogP) is 2.82. The van der Waals surface area contributed by atoms with E-state index in [0.717, 1.165) is 4.90 Å². The molecule has 0 fully saturated rings. The van der Waals surface area contributed by atoms with Gasteiger partial charge in [-0.15, -0.1) is 11.8 Å². The number of methoxy groups -OCH3 is 1. The van der Waals surface area contributed by atoms with Crippen LogP contribution in [0.2, 0.25) is 0 Å². The molecule has 0 aromatic heterocycles. The first kappa shape index (κ1) is 20.4. The van der Waals surface area contributed by atoms with Crippen LogP contribution in [0.15, 0.2) is 53.4 Å². The van der Waals surface area contributed by atoms with E-state index in [0.29, 0.717) is 11.5 Å². The molecule has 0 atom stereocenters. The number of imide groups is 1. The van der Waals surface area contributed by atoms with Gasteiger partial charge >= 0.3 is 5.97 Å². The van der Waals surface area contributed by atoms with Gasteiger partial charge in [-0.25, -0.2) is 4.39 Å². The van der Waals surface area contributed by atoms with Crippen LogP contribution in [-0.4, -0.2) is 37.3 Å². The van der Waals surface area contributed by atoms with Crippen LogP contribution >= 0.6 is 11.8 Å². The maximum atomic E-state index is 12.8. The molecular weight excluding hydrogens is 373 g/mol. The second kappa shape index (κ2) is 10.3. The minimum absolute atomic E-state index is 0.0851. The maximum absolute atomic E-state index is 12.8. The molecular formula is C19H18FNO5S. The van der Waals surface area contributed by atoms with E-state index in [1.54, 1.807) is 24.3 Å². The van der Waals surface area contributed by atoms with Crippen molar-refractivity contribution in [2.24, 2.45) is 0 Å². The van der Waals surface area contributed by atoms with Crippen molar-refractivity contribution >= 4 is 29.5 Å². The number of benzene rings is 2. The van der Waals surface area contributed by atoms with E-state index in [9.17, 15) is 18.8 Å². The lowest BCUT2D eigenvalue weighted by atomic mass is 10.2. The number of carbonyl (C=O) groups excluding carboxylic acids is 3. The summed E-state index contributed by atoms with van der Waals surface area (Å²) in [5.41, 5.74) is 0.283. The van der Waals surface area contributed by atoms with E-state index in [1.807, 2.05) is 0 Å². The summed E-state index contributed by atoms with van der Waals surface area (Å²) >= 11 is 1.37. The summed E-state index contributed by atoms with van der Waals surface area (Å²) in [6.45, 7) is -0.540. The highest BCUT2D eigenvalue weighted by atomic mass is 32.2. The molecule has 0 radical (unpaired) electrons. The van der Waals surface area contributed by atoms with Gasteiger partial charge in [0.05, 0.1) is 13.5 Å². The van der Waals surface area contributed by atoms with Gasteiger partial charge in [-0.2, -0.15) is 0 Å². The fourth-order valence-corrected chi connectivity index (χ4v) is 2.81. The first-order valence-corrected chi connectivity index (χ1v) is 8.98. The van der Waals surface area contributed by atoms with E-state index in [4.69, 9.17) is 9.47 Å². The van der Waals surface area contributed by atoms with Crippen molar-refractivity contribution in [2.45, 2.75) is 11.3 Å². The summed E-state index contributed by atoms with van der Waals surface area (Å²) in [7, 11) is 1.51. The zero-order chi connectivity index (χ0) is 19.6. The van der Waals surface area contributed by atoms with Crippen LogP contribution in [0.1, 0.15) is 16.8 Å². The molecule has 142 valence electrons. The van der Waals surface area contributed by atoms with Crippen molar-refractivity contribution in [1.82, 2.24) is 5.32 Å². The van der Waals surface area contributed by atoms with Gasteiger partial charge in [0.15, 0.2) is 6.61 Å². The molecule has 0 saturated heterocycles. The Bertz CT molecular complexity index is 793. The summed E-state index contributed by atoms with van der Waals surface area (Å²) in [5.74, 6) is -1.17. The van der Waals surface area contributed by atoms with E-state index >= 15 is 0 Å². The second-order valence-electron chi connectivity index (χ2n) is 5.32. The molecule has 2 aromatic carbocycles. The maximum Gasteiger partial charge on any atom is 0.307 e. The number of hydrogen-bond acceptors (Lipinski definition) is 6. The first-order chi connectivity index (χ1) is 13.0. The van der Waals surface area contributed by atoms with Gasteiger partial charge < -0.3 is 9.47 Å². The molecule has 0 heterocycles. The van der Waals surface area contributed by atoms with Crippen LogP contribution in [-0.2, 0) is 14.3 Å². The van der Waals surface area contributed by atoms with E-state index in [-0.39, 0.29) is 17.8 Å². The van der Waals surface area contributed by atoms with Gasteiger partial charge in [0.1, 0.15) is 11.6 Å². The van der Waals surface area contributed by atoms with Crippen LogP contribution in [0.5, 0.6) is 5.75 Å². The normalized spacial score (nSPS) is 10.1. The third-order valence-corrected chi connectivity index (χ3v) is 4.37. The summed E-state index contributed by atoms with van der Waals surface area (Å²) in [6.07, 6.45) is 0.0851. The monoisotopic (exact) mass is 391 g/mol. The number of rotatable bonds is 8. The van der Waals surface area contributed by atoms with Crippen molar-refractivity contribution in [3.8, 4) is 5.75 Å². The Hall–Kier alpha value is -2.87. The molecule has 0 aliphatic carbocycles. The van der Waals surface area contributed by atoms with Gasteiger partial charge in [-0.1, -0.05) is 0 Å². The third-order valence-electron chi connectivity index (χ3n) is 3.36. The van der Waals surface area contributed by atoms with Crippen molar-refractivity contribution in [3.05, 3.63) is 59.9 Å². The summed E-state index contributed by atoms with van der Waals surface area (Å²) < 4.78 is 22.6. The Morgan fingerprint density at radius 3 is 2.33 bits per heavy atom. The highest BCUT2D eigenvalue weighted by molar-refractivity contribution is 7.99. The molecule has 27 heavy (non-hydrogen) atoms. The topological polar surface area (TPSA) is 81.7 Å². The number of carbonyl (C=O) groups is 3. The van der Waals surface area contributed by atoms with Crippen LogP contribution in [0.25, 0.3) is 0 Å². The zero-order valence-electron chi connectivity index (χ0n) is 14.6. The molecule has 2 aromatic rings. The molecule has 0 aliphatic heterocycles. The SMILES string of the molecule is COc1ccc(C(=O)NC(=O)COC(=O)CCSc2ccc(F)cc2)cc1. The minimum atomic E-state index is -0.713. The number of thioether (sulfide) groups is 1. The summed E-state index contributed by atoms with van der Waals surface area (Å²) in [5, 5.41) is 2.14. The number of amides is 2. The van der Waals surface area contributed by atoms with Gasteiger partial charge in [0.2, 0.25) is 0 Å². The lowest BCUT2D eigenvalue weighted by Gasteiger charge is -2.06. The molecule has 2 rings (SSSR count). The largest absolute Gasteiger partial charge is 0.497 e. The highest BCUT2D eigenvalue weighted by Crippen LogP contribution is 2.19. The third kappa shape index (κ3) is 7.10.